The molecular formula is C27H36N4O6. The van der Waals surface area contributed by atoms with E-state index in [0.29, 0.717) is 6.42 Å². The van der Waals surface area contributed by atoms with Crippen molar-refractivity contribution in [1.29, 1.82) is 0 Å². The predicted octanol–water partition coefficient (Wildman–Crippen LogP) is 1.11. The van der Waals surface area contributed by atoms with Gasteiger partial charge in [-0.3, -0.25) is 14.4 Å². The maximum absolute atomic E-state index is 13.1. The van der Waals surface area contributed by atoms with Crippen LogP contribution in [0.1, 0.15) is 38.3 Å². The molecule has 37 heavy (non-hydrogen) atoms. The van der Waals surface area contributed by atoms with Crippen molar-refractivity contribution in [2.45, 2.75) is 64.2 Å². The lowest BCUT2D eigenvalue weighted by molar-refractivity contribution is -0.142. The number of carboxylic acid groups (broad SMARTS) is 1. The molecule has 0 radical (unpaired) electrons. The number of nitrogens with one attached hydrogen (secondary N) is 3. The van der Waals surface area contributed by atoms with Gasteiger partial charge in [-0.1, -0.05) is 62.7 Å². The first-order valence-electron chi connectivity index (χ1n) is 12.2. The van der Waals surface area contributed by atoms with E-state index in [9.17, 15) is 29.4 Å². The molecule has 5 atom stereocenters. The highest BCUT2D eigenvalue weighted by molar-refractivity contribution is 5.94. The Morgan fingerprint density at radius 3 is 1.97 bits per heavy atom. The molecule has 0 spiro atoms. The molecule has 7 N–H and O–H groups in total. The maximum Gasteiger partial charge on any atom is 0.326 e. The lowest BCUT2D eigenvalue weighted by Gasteiger charge is -2.27. The SMILES string of the molecule is CCC(C)C(NC(=O)C(C)NC(=O)C(N)Cc1ccc(O)cc1)C(=O)NC(Cc1ccccc1)C(=O)O. The molecule has 2 aromatic rings. The molecule has 3 amide bonds. The van der Waals surface area contributed by atoms with Crippen molar-refractivity contribution in [2.75, 3.05) is 0 Å². The van der Waals surface area contributed by atoms with Crippen molar-refractivity contribution in [3.05, 3.63) is 65.7 Å². The van der Waals surface area contributed by atoms with Crippen LogP contribution in [0, 0.1) is 5.92 Å². The lowest BCUT2D eigenvalue weighted by Crippen LogP contribution is -2.58. The van der Waals surface area contributed by atoms with Crippen molar-refractivity contribution in [2.24, 2.45) is 11.7 Å². The Kier molecular flexibility index (Phi) is 11.1. The van der Waals surface area contributed by atoms with E-state index < -0.39 is 47.9 Å². The van der Waals surface area contributed by atoms with E-state index in [-0.39, 0.29) is 24.5 Å². The van der Waals surface area contributed by atoms with Crippen LogP contribution in [-0.4, -0.2) is 58.1 Å². The van der Waals surface area contributed by atoms with Crippen LogP contribution in [0.2, 0.25) is 0 Å². The third-order valence-corrected chi connectivity index (χ3v) is 6.17. The Hall–Kier alpha value is -3.92. The molecule has 0 saturated heterocycles. The average Bonchev–Trinajstić information content (AvgIpc) is 2.87. The number of hydrogen-bond acceptors (Lipinski definition) is 6. The Morgan fingerprint density at radius 1 is 0.811 bits per heavy atom. The number of carbonyl (C=O) groups is 4. The zero-order chi connectivity index (χ0) is 27.5. The molecule has 10 nitrogen and oxygen atoms in total. The molecule has 200 valence electrons. The minimum Gasteiger partial charge on any atom is -0.508 e. The van der Waals surface area contributed by atoms with Crippen LogP contribution in [0.3, 0.4) is 0 Å². The first-order chi connectivity index (χ1) is 17.5. The fraction of sp³-hybridized carbons (Fsp3) is 0.407. The Morgan fingerprint density at radius 2 is 1.41 bits per heavy atom. The third-order valence-electron chi connectivity index (χ3n) is 6.17. The number of aromatic hydroxyl groups is 1. The minimum absolute atomic E-state index is 0.0917. The van der Waals surface area contributed by atoms with Gasteiger partial charge in [-0.05, 0) is 42.5 Å². The molecule has 0 heterocycles. The highest BCUT2D eigenvalue weighted by atomic mass is 16.4. The summed E-state index contributed by atoms with van der Waals surface area (Å²) < 4.78 is 0. The summed E-state index contributed by atoms with van der Waals surface area (Å²) in [6.07, 6.45) is 0.845. The second-order valence-electron chi connectivity index (χ2n) is 9.17. The lowest BCUT2D eigenvalue weighted by atomic mass is 9.97. The molecule has 0 fully saturated rings. The third kappa shape index (κ3) is 9.23. The first-order valence-corrected chi connectivity index (χ1v) is 12.2. The van der Waals surface area contributed by atoms with Crippen LogP contribution < -0.4 is 21.7 Å². The standard InChI is InChI=1S/C27H36N4O6/c1-4-16(2)23(26(35)30-22(27(36)37)15-18-8-6-5-7-9-18)31-24(33)17(3)29-25(34)21(28)14-19-10-12-20(32)13-11-19/h5-13,16-17,21-23,32H,4,14-15,28H2,1-3H3,(H,29,34)(H,30,35)(H,31,33)(H,36,37). The van der Waals surface area contributed by atoms with Crippen LogP contribution >= 0.6 is 0 Å². The monoisotopic (exact) mass is 512 g/mol. The fourth-order valence-electron chi connectivity index (χ4n) is 3.66. The van der Waals surface area contributed by atoms with Gasteiger partial charge in [0.2, 0.25) is 17.7 Å². The second kappa shape index (κ2) is 14.0. The summed E-state index contributed by atoms with van der Waals surface area (Å²) in [6.45, 7) is 5.10. The molecule has 0 saturated carbocycles. The van der Waals surface area contributed by atoms with E-state index in [4.69, 9.17) is 5.73 Å². The molecule has 10 heteroatoms. The fourth-order valence-corrected chi connectivity index (χ4v) is 3.66. The number of amides is 3. The van der Waals surface area contributed by atoms with Crippen LogP contribution in [0.4, 0.5) is 0 Å². The van der Waals surface area contributed by atoms with Crippen molar-refractivity contribution in [3.8, 4) is 5.75 Å². The zero-order valence-electron chi connectivity index (χ0n) is 21.3. The largest absolute Gasteiger partial charge is 0.508 e. The number of nitrogens with two attached hydrogens (primary N) is 1. The van der Waals surface area contributed by atoms with E-state index in [2.05, 4.69) is 16.0 Å². The van der Waals surface area contributed by atoms with Crippen molar-refractivity contribution in [3.63, 3.8) is 0 Å². The topological polar surface area (TPSA) is 171 Å². The van der Waals surface area contributed by atoms with Crippen molar-refractivity contribution < 1.29 is 29.4 Å². The molecule has 0 bridgehead atoms. The molecule has 2 aromatic carbocycles. The summed E-state index contributed by atoms with van der Waals surface area (Å²) in [4.78, 5) is 50.2. The smallest absolute Gasteiger partial charge is 0.326 e. The normalized spacial score (nSPS) is 14.9. The predicted molar refractivity (Wildman–Crippen MR) is 138 cm³/mol. The number of aliphatic carboxylic acids is 1. The summed E-state index contributed by atoms with van der Waals surface area (Å²) in [7, 11) is 0. The molecule has 5 unspecified atom stereocenters. The summed E-state index contributed by atoms with van der Waals surface area (Å²) in [5, 5.41) is 26.7. The number of rotatable bonds is 13. The highest BCUT2D eigenvalue weighted by Gasteiger charge is 2.31. The van der Waals surface area contributed by atoms with Crippen LogP contribution in [-0.2, 0) is 32.0 Å². The van der Waals surface area contributed by atoms with Gasteiger partial charge in [0.25, 0.3) is 0 Å². The van der Waals surface area contributed by atoms with Gasteiger partial charge >= 0.3 is 5.97 Å². The summed E-state index contributed by atoms with van der Waals surface area (Å²) in [6, 6.07) is 11.1. The van der Waals surface area contributed by atoms with Gasteiger partial charge in [0.1, 0.15) is 23.9 Å². The van der Waals surface area contributed by atoms with E-state index in [1.54, 1.807) is 43.3 Å². The van der Waals surface area contributed by atoms with Gasteiger partial charge in [-0.15, -0.1) is 0 Å². The molecule has 0 aliphatic rings. The Bertz CT molecular complexity index is 1060. The second-order valence-corrected chi connectivity index (χ2v) is 9.17. The van der Waals surface area contributed by atoms with Gasteiger partial charge in [-0.2, -0.15) is 0 Å². The maximum atomic E-state index is 13.1. The number of benzene rings is 2. The number of carboxylic acids is 1. The van der Waals surface area contributed by atoms with Gasteiger partial charge in [0.15, 0.2) is 0 Å². The van der Waals surface area contributed by atoms with Gasteiger partial charge in [-0.25, -0.2) is 4.79 Å². The first kappa shape index (κ1) is 29.3. The number of phenolic OH excluding ortho intramolecular Hbond substituents is 1. The number of phenols is 1. The van der Waals surface area contributed by atoms with Gasteiger partial charge < -0.3 is 31.9 Å². The average molecular weight is 513 g/mol. The summed E-state index contributed by atoms with van der Waals surface area (Å²) in [5.41, 5.74) is 7.47. The van der Waals surface area contributed by atoms with Crippen LogP contribution in [0.5, 0.6) is 5.75 Å². The van der Waals surface area contributed by atoms with Gasteiger partial charge in [0, 0.05) is 6.42 Å². The highest BCUT2D eigenvalue weighted by Crippen LogP contribution is 2.12. The van der Waals surface area contributed by atoms with E-state index >= 15 is 0 Å². The quantitative estimate of drug-likeness (QED) is 0.233. The van der Waals surface area contributed by atoms with Crippen molar-refractivity contribution >= 4 is 23.7 Å². The molecule has 0 aliphatic heterocycles. The van der Waals surface area contributed by atoms with E-state index in [0.717, 1.165) is 11.1 Å². The van der Waals surface area contributed by atoms with Crippen LogP contribution in [0.25, 0.3) is 0 Å². The van der Waals surface area contributed by atoms with Crippen molar-refractivity contribution in [1.82, 2.24) is 16.0 Å². The number of hydrogen-bond donors (Lipinski definition) is 6. The summed E-state index contributed by atoms with van der Waals surface area (Å²) in [5.74, 6) is -3.14. The van der Waals surface area contributed by atoms with E-state index in [1.165, 1.54) is 19.1 Å². The Balaban J connectivity index is 2.00. The Labute approximate surface area is 216 Å². The summed E-state index contributed by atoms with van der Waals surface area (Å²) >= 11 is 0. The van der Waals surface area contributed by atoms with Crippen LogP contribution in [0.15, 0.2) is 54.6 Å². The number of carbonyl (C=O) groups excluding carboxylic acids is 3. The molecule has 2 rings (SSSR count). The molecule has 0 aromatic heterocycles. The van der Waals surface area contributed by atoms with Gasteiger partial charge in [0.05, 0.1) is 6.04 Å². The zero-order valence-corrected chi connectivity index (χ0v) is 21.3. The molecular weight excluding hydrogens is 476 g/mol. The van der Waals surface area contributed by atoms with E-state index in [1.807, 2.05) is 13.0 Å². The molecule has 0 aliphatic carbocycles. The minimum atomic E-state index is -1.19.